The molecule has 0 aliphatic heterocycles. The van der Waals surface area contributed by atoms with Crippen LogP contribution in [0.1, 0.15) is 6.92 Å². The average molecular weight is 326 g/mol. The summed E-state index contributed by atoms with van der Waals surface area (Å²) in [6.45, 7) is 0.0145. The number of halogens is 4. The molecule has 0 aliphatic carbocycles. The molecular formula is C11H11BrF3NO2. The molecule has 100 valence electrons. The van der Waals surface area contributed by atoms with Gasteiger partial charge in [-0.1, -0.05) is 12.1 Å². The monoisotopic (exact) mass is 325 g/mol. The molecule has 1 atom stereocenters. The maximum atomic E-state index is 11.9. The second kappa shape index (κ2) is 6.08. The van der Waals surface area contributed by atoms with Gasteiger partial charge in [0.25, 0.3) is 5.91 Å². The van der Waals surface area contributed by atoms with E-state index in [1.165, 1.54) is 6.92 Å². The lowest BCUT2D eigenvalue weighted by atomic mass is 10.3. The van der Waals surface area contributed by atoms with Crippen molar-refractivity contribution in [3.8, 4) is 5.75 Å². The lowest BCUT2D eigenvalue weighted by molar-refractivity contribution is -0.142. The minimum atomic E-state index is -4.43. The molecule has 0 saturated heterocycles. The minimum Gasteiger partial charge on any atom is -0.480 e. The number of hydrogen-bond donors (Lipinski definition) is 1. The first kappa shape index (κ1) is 14.8. The summed E-state index contributed by atoms with van der Waals surface area (Å²) in [5.41, 5.74) is 0. The molecule has 1 aromatic carbocycles. The molecule has 1 rings (SSSR count). The molecule has 0 bridgehead atoms. The molecule has 0 saturated carbocycles. The van der Waals surface area contributed by atoms with Gasteiger partial charge in [-0.25, -0.2) is 0 Å². The molecule has 1 N–H and O–H groups in total. The molecule has 1 amide bonds. The van der Waals surface area contributed by atoms with Crippen LogP contribution in [0, 0.1) is 0 Å². The summed E-state index contributed by atoms with van der Waals surface area (Å²) in [5, 5.41) is 1.76. The number of carbonyl (C=O) groups excluding carboxylic acids is 1. The van der Waals surface area contributed by atoms with Crippen molar-refractivity contribution in [1.29, 1.82) is 0 Å². The molecule has 0 spiro atoms. The van der Waals surface area contributed by atoms with E-state index in [1.54, 1.807) is 29.6 Å². The Morgan fingerprint density at radius 3 is 2.61 bits per heavy atom. The second-order valence-corrected chi connectivity index (χ2v) is 4.38. The molecule has 0 aromatic heterocycles. The summed E-state index contributed by atoms with van der Waals surface area (Å²) in [5.74, 6) is -0.421. The Morgan fingerprint density at radius 1 is 1.44 bits per heavy atom. The third-order valence-electron chi connectivity index (χ3n) is 1.97. The number of amides is 1. The number of para-hydroxylation sites is 1. The minimum absolute atomic E-state index is 0.396. The van der Waals surface area contributed by atoms with Crippen molar-refractivity contribution in [2.75, 3.05) is 6.54 Å². The van der Waals surface area contributed by atoms with Crippen LogP contribution in [-0.2, 0) is 4.79 Å². The van der Waals surface area contributed by atoms with Crippen LogP contribution in [0.4, 0.5) is 13.2 Å². The zero-order valence-corrected chi connectivity index (χ0v) is 11.0. The van der Waals surface area contributed by atoms with Crippen LogP contribution < -0.4 is 10.1 Å². The fourth-order valence-electron chi connectivity index (χ4n) is 1.12. The summed E-state index contributed by atoms with van der Waals surface area (Å²) in [6.07, 6.45) is -5.44. The van der Waals surface area contributed by atoms with Crippen molar-refractivity contribution < 1.29 is 22.7 Å². The van der Waals surface area contributed by atoms with Gasteiger partial charge in [0, 0.05) is 0 Å². The summed E-state index contributed by atoms with van der Waals surface area (Å²) < 4.78 is 41.6. The van der Waals surface area contributed by atoms with E-state index >= 15 is 0 Å². The highest BCUT2D eigenvalue weighted by molar-refractivity contribution is 9.10. The third kappa shape index (κ3) is 4.95. The van der Waals surface area contributed by atoms with Gasteiger partial charge >= 0.3 is 6.18 Å². The first-order valence-electron chi connectivity index (χ1n) is 5.05. The zero-order chi connectivity index (χ0) is 13.8. The number of alkyl halides is 3. The number of nitrogens with one attached hydrogen (secondary N) is 1. The van der Waals surface area contributed by atoms with Crippen LogP contribution >= 0.6 is 15.9 Å². The number of ether oxygens (including phenoxy) is 1. The van der Waals surface area contributed by atoms with Gasteiger partial charge in [-0.2, -0.15) is 13.2 Å². The zero-order valence-electron chi connectivity index (χ0n) is 9.42. The second-order valence-electron chi connectivity index (χ2n) is 3.52. The average Bonchev–Trinajstić information content (AvgIpc) is 2.28. The Balaban J connectivity index is 2.53. The third-order valence-corrected chi connectivity index (χ3v) is 2.63. The molecule has 1 unspecified atom stereocenters. The quantitative estimate of drug-likeness (QED) is 0.924. The Hall–Kier alpha value is -1.24. The van der Waals surface area contributed by atoms with Crippen molar-refractivity contribution in [3.05, 3.63) is 28.7 Å². The van der Waals surface area contributed by atoms with Crippen LogP contribution in [0.5, 0.6) is 5.75 Å². The Morgan fingerprint density at radius 2 is 2.06 bits per heavy atom. The van der Waals surface area contributed by atoms with Gasteiger partial charge in [0.2, 0.25) is 0 Å². The van der Waals surface area contributed by atoms with Gasteiger partial charge in [-0.3, -0.25) is 4.79 Å². The fraction of sp³-hybridized carbons (Fsp3) is 0.364. The summed E-state index contributed by atoms with van der Waals surface area (Å²) in [7, 11) is 0. The van der Waals surface area contributed by atoms with E-state index in [1.807, 2.05) is 0 Å². The van der Waals surface area contributed by atoms with Crippen LogP contribution in [0.3, 0.4) is 0 Å². The van der Waals surface area contributed by atoms with Crippen LogP contribution in [-0.4, -0.2) is 24.7 Å². The number of hydrogen-bond acceptors (Lipinski definition) is 2. The van der Waals surface area contributed by atoms with E-state index < -0.39 is 24.7 Å². The Kier molecular flexibility index (Phi) is 5.01. The van der Waals surface area contributed by atoms with Gasteiger partial charge in [-0.05, 0) is 35.0 Å². The van der Waals surface area contributed by atoms with Crippen molar-refractivity contribution in [1.82, 2.24) is 5.32 Å². The van der Waals surface area contributed by atoms with Crippen molar-refractivity contribution in [3.63, 3.8) is 0 Å². The molecule has 0 fully saturated rings. The van der Waals surface area contributed by atoms with E-state index in [0.717, 1.165) is 0 Å². The molecule has 0 radical (unpaired) electrons. The lowest BCUT2D eigenvalue weighted by Crippen LogP contribution is -2.41. The van der Waals surface area contributed by atoms with E-state index in [0.29, 0.717) is 10.2 Å². The summed E-state index contributed by atoms with van der Waals surface area (Å²) >= 11 is 3.21. The lowest BCUT2D eigenvalue weighted by Gasteiger charge is -2.16. The highest BCUT2D eigenvalue weighted by atomic mass is 79.9. The van der Waals surface area contributed by atoms with E-state index in [9.17, 15) is 18.0 Å². The van der Waals surface area contributed by atoms with Crippen LogP contribution in [0.25, 0.3) is 0 Å². The number of carbonyl (C=O) groups is 1. The normalized spacial score (nSPS) is 12.9. The summed E-state index contributed by atoms with van der Waals surface area (Å²) in [4.78, 5) is 11.4. The van der Waals surface area contributed by atoms with E-state index in [4.69, 9.17) is 4.74 Å². The molecular weight excluding hydrogens is 315 g/mol. The van der Waals surface area contributed by atoms with E-state index in [-0.39, 0.29) is 0 Å². The Bertz CT molecular complexity index is 423. The largest absolute Gasteiger partial charge is 0.480 e. The van der Waals surface area contributed by atoms with Crippen molar-refractivity contribution in [2.45, 2.75) is 19.2 Å². The number of rotatable bonds is 4. The van der Waals surface area contributed by atoms with Gasteiger partial charge in [0.05, 0.1) is 4.47 Å². The number of benzene rings is 1. The van der Waals surface area contributed by atoms with Crippen molar-refractivity contribution >= 4 is 21.8 Å². The topological polar surface area (TPSA) is 38.3 Å². The molecule has 18 heavy (non-hydrogen) atoms. The first-order valence-corrected chi connectivity index (χ1v) is 5.84. The summed E-state index contributed by atoms with van der Waals surface area (Å²) in [6, 6.07) is 6.76. The maximum absolute atomic E-state index is 11.9. The highest BCUT2D eigenvalue weighted by Gasteiger charge is 2.29. The molecule has 1 aromatic rings. The predicted molar refractivity (Wildman–Crippen MR) is 63.3 cm³/mol. The predicted octanol–water partition coefficient (Wildman–Crippen LogP) is 2.89. The van der Waals surface area contributed by atoms with Gasteiger partial charge in [0.1, 0.15) is 12.3 Å². The first-order chi connectivity index (χ1) is 8.29. The SMILES string of the molecule is CC(Oc1ccccc1Br)C(=O)NCC(F)(F)F. The molecule has 0 aliphatic rings. The van der Waals surface area contributed by atoms with E-state index in [2.05, 4.69) is 15.9 Å². The smallest absolute Gasteiger partial charge is 0.405 e. The van der Waals surface area contributed by atoms with Crippen molar-refractivity contribution in [2.24, 2.45) is 0 Å². The highest BCUT2D eigenvalue weighted by Crippen LogP contribution is 2.24. The maximum Gasteiger partial charge on any atom is 0.405 e. The molecule has 3 nitrogen and oxygen atoms in total. The molecule has 0 heterocycles. The Labute approximate surface area is 110 Å². The fourth-order valence-corrected chi connectivity index (χ4v) is 1.49. The van der Waals surface area contributed by atoms with Gasteiger partial charge in [0.15, 0.2) is 6.10 Å². The van der Waals surface area contributed by atoms with Crippen LogP contribution in [0.2, 0.25) is 0 Å². The molecule has 7 heteroatoms. The van der Waals surface area contributed by atoms with Gasteiger partial charge < -0.3 is 10.1 Å². The van der Waals surface area contributed by atoms with Crippen LogP contribution in [0.15, 0.2) is 28.7 Å². The standard InChI is InChI=1S/C11H11BrF3NO2/c1-7(10(17)16-6-11(13,14)15)18-9-5-3-2-4-8(9)12/h2-5,7H,6H2,1H3,(H,16,17). The van der Waals surface area contributed by atoms with Gasteiger partial charge in [-0.15, -0.1) is 0 Å².